The highest BCUT2D eigenvalue weighted by atomic mass is 16.1. The summed E-state index contributed by atoms with van der Waals surface area (Å²) in [6.07, 6.45) is 4.70. The molecule has 1 aromatic carbocycles. The molecule has 0 spiro atoms. The SMILES string of the molecule is CCNCc1cccc(NC(=O)CCc2cccnc2)c1. The van der Waals surface area contributed by atoms with Gasteiger partial charge in [0.25, 0.3) is 0 Å². The smallest absolute Gasteiger partial charge is 0.224 e. The third-order valence-electron chi connectivity index (χ3n) is 3.15. The first-order valence-electron chi connectivity index (χ1n) is 7.26. The zero-order chi connectivity index (χ0) is 14.9. The molecule has 0 saturated carbocycles. The van der Waals surface area contributed by atoms with E-state index in [1.165, 1.54) is 5.56 Å². The molecule has 0 bridgehead atoms. The molecule has 21 heavy (non-hydrogen) atoms. The molecule has 2 aromatic rings. The Morgan fingerprint density at radius 1 is 1.19 bits per heavy atom. The minimum Gasteiger partial charge on any atom is -0.326 e. The Kier molecular flexibility index (Phi) is 5.91. The van der Waals surface area contributed by atoms with Gasteiger partial charge < -0.3 is 10.6 Å². The van der Waals surface area contributed by atoms with Crippen molar-refractivity contribution in [3.8, 4) is 0 Å². The molecule has 2 N–H and O–H groups in total. The van der Waals surface area contributed by atoms with Gasteiger partial charge in [-0.2, -0.15) is 0 Å². The molecule has 0 aliphatic carbocycles. The molecule has 0 atom stereocenters. The number of nitrogens with one attached hydrogen (secondary N) is 2. The third kappa shape index (κ3) is 5.36. The van der Waals surface area contributed by atoms with Crippen LogP contribution in [0.25, 0.3) is 0 Å². The molecule has 1 heterocycles. The van der Waals surface area contributed by atoms with E-state index in [1.807, 2.05) is 36.4 Å². The van der Waals surface area contributed by atoms with Crippen molar-refractivity contribution in [2.45, 2.75) is 26.3 Å². The van der Waals surface area contributed by atoms with E-state index in [0.717, 1.165) is 24.3 Å². The Morgan fingerprint density at radius 2 is 2.05 bits per heavy atom. The monoisotopic (exact) mass is 283 g/mol. The van der Waals surface area contributed by atoms with Crippen LogP contribution in [-0.4, -0.2) is 17.4 Å². The molecule has 4 heteroatoms. The lowest BCUT2D eigenvalue weighted by Gasteiger charge is -2.08. The molecule has 0 saturated heterocycles. The molecule has 0 radical (unpaired) electrons. The van der Waals surface area contributed by atoms with Crippen LogP contribution in [0.3, 0.4) is 0 Å². The highest BCUT2D eigenvalue weighted by molar-refractivity contribution is 5.90. The Balaban J connectivity index is 1.84. The van der Waals surface area contributed by atoms with Gasteiger partial charge in [-0.15, -0.1) is 0 Å². The first-order chi connectivity index (χ1) is 10.3. The van der Waals surface area contributed by atoms with Crippen LogP contribution in [-0.2, 0) is 17.8 Å². The molecular weight excluding hydrogens is 262 g/mol. The number of pyridine rings is 1. The van der Waals surface area contributed by atoms with Crippen molar-refractivity contribution in [1.29, 1.82) is 0 Å². The van der Waals surface area contributed by atoms with E-state index >= 15 is 0 Å². The molecule has 1 aromatic heterocycles. The highest BCUT2D eigenvalue weighted by Crippen LogP contribution is 2.11. The van der Waals surface area contributed by atoms with Crippen LogP contribution in [0.5, 0.6) is 0 Å². The fourth-order valence-electron chi connectivity index (χ4n) is 2.06. The maximum atomic E-state index is 12.0. The molecule has 0 aliphatic rings. The summed E-state index contributed by atoms with van der Waals surface area (Å²) >= 11 is 0. The summed E-state index contributed by atoms with van der Waals surface area (Å²) in [6.45, 7) is 3.82. The van der Waals surface area contributed by atoms with Crippen LogP contribution in [0.1, 0.15) is 24.5 Å². The summed E-state index contributed by atoms with van der Waals surface area (Å²) in [4.78, 5) is 16.0. The Hall–Kier alpha value is -2.20. The summed E-state index contributed by atoms with van der Waals surface area (Å²) in [7, 11) is 0. The van der Waals surface area contributed by atoms with Crippen LogP contribution >= 0.6 is 0 Å². The van der Waals surface area contributed by atoms with Gasteiger partial charge in [-0.05, 0) is 42.3 Å². The van der Waals surface area contributed by atoms with Gasteiger partial charge in [0.15, 0.2) is 0 Å². The Bertz CT molecular complexity index is 569. The molecule has 1 amide bonds. The normalized spacial score (nSPS) is 10.3. The Labute approximate surface area is 125 Å². The highest BCUT2D eigenvalue weighted by Gasteiger charge is 2.04. The quantitative estimate of drug-likeness (QED) is 0.821. The number of anilines is 1. The maximum absolute atomic E-state index is 12.0. The van der Waals surface area contributed by atoms with Gasteiger partial charge in [-0.3, -0.25) is 9.78 Å². The number of carbonyl (C=O) groups excluding carboxylic acids is 1. The van der Waals surface area contributed by atoms with Crippen molar-refractivity contribution in [2.75, 3.05) is 11.9 Å². The van der Waals surface area contributed by atoms with E-state index in [-0.39, 0.29) is 5.91 Å². The summed E-state index contributed by atoms with van der Waals surface area (Å²) in [5, 5.41) is 6.21. The van der Waals surface area contributed by atoms with Gasteiger partial charge in [0, 0.05) is 31.0 Å². The number of benzene rings is 1. The van der Waals surface area contributed by atoms with Crippen LogP contribution in [0, 0.1) is 0 Å². The van der Waals surface area contributed by atoms with Crippen molar-refractivity contribution < 1.29 is 4.79 Å². The summed E-state index contributed by atoms with van der Waals surface area (Å²) < 4.78 is 0. The molecule has 0 aliphatic heterocycles. The van der Waals surface area contributed by atoms with Crippen molar-refractivity contribution in [3.05, 3.63) is 59.9 Å². The second kappa shape index (κ2) is 8.17. The summed E-state index contributed by atoms with van der Waals surface area (Å²) in [5.41, 5.74) is 3.09. The van der Waals surface area contributed by atoms with Crippen LogP contribution < -0.4 is 10.6 Å². The lowest BCUT2D eigenvalue weighted by Crippen LogP contribution is -2.14. The van der Waals surface area contributed by atoms with E-state index in [2.05, 4.69) is 22.5 Å². The Morgan fingerprint density at radius 3 is 2.81 bits per heavy atom. The minimum atomic E-state index is 0.0273. The first-order valence-corrected chi connectivity index (χ1v) is 7.26. The van der Waals surface area contributed by atoms with Crippen molar-refractivity contribution in [1.82, 2.24) is 10.3 Å². The van der Waals surface area contributed by atoms with Crippen molar-refractivity contribution in [2.24, 2.45) is 0 Å². The standard InChI is InChI=1S/C17H21N3O/c1-2-18-13-15-5-3-7-16(11-15)20-17(21)9-8-14-6-4-10-19-12-14/h3-7,10-12,18H,2,8-9,13H2,1H3,(H,20,21). The van der Waals surface area contributed by atoms with Gasteiger partial charge in [0.2, 0.25) is 5.91 Å². The number of amides is 1. The van der Waals surface area contributed by atoms with E-state index in [0.29, 0.717) is 12.8 Å². The molecule has 0 unspecified atom stereocenters. The predicted molar refractivity (Wildman–Crippen MR) is 85.0 cm³/mol. The summed E-state index contributed by atoms with van der Waals surface area (Å²) in [6, 6.07) is 11.8. The van der Waals surface area contributed by atoms with E-state index in [9.17, 15) is 4.79 Å². The fraction of sp³-hybridized carbons (Fsp3) is 0.294. The van der Waals surface area contributed by atoms with E-state index < -0.39 is 0 Å². The number of hydrogen-bond acceptors (Lipinski definition) is 3. The zero-order valence-corrected chi connectivity index (χ0v) is 12.3. The molecule has 2 rings (SSSR count). The van der Waals surface area contributed by atoms with Gasteiger partial charge >= 0.3 is 0 Å². The van der Waals surface area contributed by atoms with Gasteiger partial charge in [-0.25, -0.2) is 0 Å². The van der Waals surface area contributed by atoms with Crippen LogP contribution in [0.15, 0.2) is 48.8 Å². The fourth-order valence-corrected chi connectivity index (χ4v) is 2.06. The predicted octanol–water partition coefficient (Wildman–Crippen LogP) is 2.76. The average Bonchev–Trinajstić information content (AvgIpc) is 2.52. The largest absolute Gasteiger partial charge is 0.326 e. The molecule has 110 valence electrons. The lowest BCUT2D eigenvalue weighted by molar-refractivity contribution is -0.116. The number of rotatable bonds is 7. The average molecular weight is 283 g/mol. The zero-order valence-electron chi connectivity index (χ0n) is 12.3. The number of aromatic nitrogens is 1. The van der Waals surface area contributed by atoms with Gasteiger partial charge in [0.1, 0.15) is 0 Å². The summed E-state index contributed by atoms with van der Waals surface area (Å²) in [5.74, 6) is 0.0273. The van der Waals surface area contributed by atoms with Crippen molar-refractivity contribution in [3.63, 3.8) is 0 Å². The van der Waals surface area contributed by atoms with Crippen LogP contribution in [0.4, 0.5) is 5.69 Å². The number of hydrogen-bond donors (Lipinski definition) is 2. The van der Waals surface area contributed by atoms with E-state index in [4.69, 9.17) is 0 Å². The lowest BCUT2D eigenvalue weighted by atomic mass is 10.1. The topological polar surface area (TPSA) is 54.0 Å². The number of nitrogens with zero attached hydrogens (tertiary/aromatic N) is 1. The third-order valence-corrected chi connectivity index (χ3v) is 3.15. The van der Waals surface area contributed by atoms with Gasteiger partial charge in [0.05, 0.1) is 0 Å². The maximum Gasteiger partial charge on any atom is 0.224 e. The second-order valence-corrected chi connectivity index (χ2v) is 4.89. The number of carbonyl (C=O) groups is 1. The van der Waals surface area contributed by atoms with E-state index in [1.54, 1.807) is 12.4 Å². The van der Waals surface area contributed by atoms with Gasteiger partial charge in [-0.1, -0.05) is 25.1 Å². The van der Waals surface area contributed by atoms with Crippen molar-refractivity contribution >= 4 is 11.6 Å². The molecular formula is C17H21N3O. The minimum absolute atomic E-state index is 0.0273. The molecule has 0 fully saturated rings. The molecule has 4 nitrogen and oxygen atoms in total. The first kappa shape index (κ1) is 15.2. The van der Waals surface area contributed by atoms with Crippen LogP contribution in [0.2, 0.25) is 0 Å². The second-order valence-electron chi connectivity index (χ2n) is 4.89. The number of aryl methyl sites for hydroxylation is 1.